The number of aromatic amines is 1. The van der Waals surface area contributed by atoms with Crippen molar-refractivity contribution in [3.63, 3.8) is 0 Å². The summed E-state index contributed by atoms with van der Waals surface area (Å²) in [5.74, 6) is 1.59. The Hall–Kier alpha value is -1.77. The predicted octanol–water partition coefficient (Wildman–Crippen LogP) is 4.58. The minimum Gasteiger partial charge on any atom is -0.494 e. The lowest BCUT2D eigenvalue weighted by atomic mass is 10.0. The summed E-state index contributed by atoms with van der Waals surface area (Å²) in [4.78, 5) is 15.5. The second kappa shape index (κ2) is 6.60. The Morgan fingerprint density at radius 2 is 2.15 bits per heavy atom. The van der Waals surface area contributed by atoms with Crippen LogP contribution in [0.1, 0.15) is 50.4 Å². The number of Topliss-reactive ketones (excluding diaryl/α,β-unsaturated/α-hetero) is 1. The van der Waals surface area contributed by atoms with Gasteiger partial charge in [-0.2, -0.15) is 0 Å². The summed E-state index contributed by atoms with van der Waals surface area (Å²) in [6, 6.07) is 5.88. The van der Waals surface area contributed by atoms with Gasteiger partial charge in [-0.05, 0) is 37.0 Å². The third-order valence-electron chi connectivity index (χ3n) is 3.38. The van der Waals surface area contributed by atoms with Crippen molar-refractivity contribution in [2.45, 2.75) is 40.0 Å². The monoisotopic (exact) mass is 273 g/mol. The molecule has 3 heteroatoms. The zero-order chi connectivity index (χ0) is 14.5. The van der Waals surface area contributed by atoms with Crippen molar-refractivity contribution in [2.24, 2.45) is 5.92 Å². The fourth-order valence-electron chi connectivity index (χ4n) is 2.19. The van der Waals surface area contributed by atoms with E-state index >= 15 is 0 Å². The molecule has 0 aliphatic rings. The minimum atomic E-state index is 0.206. The van der Waals surface area contributed by atoms with Crippen LogP contribution in [0, 0.1) is 5.92 Å². The Labute approximate surface area is 120 Å². The van der Waals surface area contributed by atoms with Gasteiger partial charge >= 0.3 is 0 Å². The smallest absolute Gasteiger partial charge is 0.165 e. The Bertz CT molecular complexity index is 584. The number of hydrogen-bond donors (Lipinski definition) is 1. The normalized spacial score (nSPS) is 11.2. The summed E-state index contributed by atoms with van der Waals surface area (Å²) in [6.07, 6.45) is 4.32. The maximum Gasteiger partial charge on any atom is 0.165 e. The topological polar surface area (TPSA) is 42.1 Å². The van der Waals surface area contributed by atoms with Gasteiger partial charge in [0.2, 0.25) is 0 Å². The molecule has 0 fully saturated rings. The molecule has 0 atom stereocenters. The molecule has 1 N–H and O–H groups in total. The number of benzene rings is 1. The molecule has 0 unspecified atom stereocenters. The van der Waals surface area contributed by atoms with Gasteiger partial charge < -0.3 is 9.72 Å². The summed E-state index contributed by atoms with van der Waals surface area (Å²) in [6.45, 7) is 7.06. The van der Waals surface area contributed by atoms with E-state index in [9.17, 15) is 4.79 Å². The van der Waals surface area contributed by atoms with Crippen LogP contribution in [0.15, 0.2) is 24.4 Å². The third kappa shape index (κ3) is 3.41. The van der Waals surface area contributed by atoms with Gasteiger partial charge in [0.05, 0.1) is 6.61 Å². The molecule has 0 aliphatic heterocycles. The number of H-pyrrole nitrogens is 1. The second-order valence-corrected chi connectivity index (χ2v) is 5.61. The lowest BCUT2D eigenvalue weighted by molar-refractivity contribution is 0.0977. The van der Waals surface area contributed by atoms with E-state index < -0.39 is 0 Å². The summed E-state index contributed by atoms with van der Waals surface area (Å²) in [5, 5.41) is 0.965. The van der Waals surface area contributed by atoms with Crippen LogP contribution < -0.4 is 4.74 Å². The highest BCUT2D eigenvalue weighted by atomic mass is 16.5. The molecular weight excluding hydrogens is 250 g/mol. The minimum absolute atomic E-state index is 0.206. The first kappa shape index (κ1) is 14.6. The SMILES string of the molecule is CCCOc1ccc2[nH]cc(C(=O)CCC(C)C)c2c1. The van der Waals surface area contributed by atoms with Crippen LogP contribution in [-0.4, -0.2) is 17.4 Å². The molecule has 0 radical (unpaired) electrons. The quantitative estimate of drug-likeness (QED) is 0.750. The second-order valence-electron chi connectivity index (χ2n) is 5.61. The zero-order valence-electron chi connectivity index (χ0n) is 12.5. The summed E-state index contributed by atoms with van der Waals surface area (Å²) < 4.78 is 5.64. The third-order valence-corrected chi connectivity index (χ3v) is 3.38. The highest BCUT2D eigenvalue weighted by molar-refractivity contribution is 6.08. The van der Waals surface area contributed by atoms with Crippen LogP contribution in [0.25, 0.3) is 10.9 Å². The van der Waals surface area contributed by atoms with E-state index in [-0.39, 0.29) is 5.78 Å². The fourth-order valence-corrected chi connectivity index (χ4v) is 2.19. The van der Waals surface area contributed by atoms with Crippen LogP contribution >= 0.6 is 0 Å². The van der Waals surface area contributed by atoms with Gasteiger partial charge in [-0.3, -0.25) is 4.79 Å². The molecule has 0 spiro atoms. The molecule has 1 aromatic heterocycles. The van der Waals surface area contributed by atoms with Gasteiger partial charge in [-0.15, -0.1) is 0 Å². The van der Waals surface area contributed by atoms with E-state index in [1.165, 1.54) is 0 Å². The number of hydrogen-bond acceptors (Lipinski definition) is 2. The number of fused-ring (bicyclic) bond motifs is 1. The molecule has 108 valence electrons. The molecule has 0 amide bonds. The number of carbonyl (C=O) groups is 1. The van der Waals surface area contributed by atoms with Crippen LogP contribution in [0.4, 0.5) is 0 Å². The maximum atomic E-state index is 12.3. The number of ether oxygens (including phenoxy) is 1. The first-order chi connectivity index (χ1) is 9.61. The molecule has 0 saturated heterocycles. The van der Waals surface area contributed by atoms with E-state index in [0.717, 1.165) is 35.1 Å². The molecule has 1 heterocycles. The molecule has 0 saturated carbocycles. The van der Waals surface area contributed by atoms with Gasteiger partial charge in [-0.1, -0.05) is 20.8 Å². The molecule has 20 heavy (non-hydrogen) atoms. The Morgan fingerprint density at radius 3 is 2.85 bits per heavy atom. The first-order valence-corrected chi connectivity index (χ1v) is 7.39. The molecule has 0 aliphatic carbocycles. The van der Waals surface area contributed by atoms with Crippen molar-refractivity contribution in [1.29, 1.82) is 0 Å². The van der Waals surface area contributed by atoms with Crippen molar-refractivity contribution in [3.05, 3.63) is 30.0 Å². The summed E-state index contributed by atoms with van der Waals surface area (Å²) in [7, 11) is 0. The fraction of sp³-hybridized carbons (Fsp3) is 0.471. The van der Waals surface area contributed by atoms with Crippen LogP contribution in [0.2, 0.25) is 0 Å². The lowest BCUT2D eigenvalue weighted by Gasteiger charge is -2.06. The maximum absolute atomic E-state index is 12.3. The van der Waals surface area contributed by atoms with E-state index in [1.807, 2.05) is 24.4 Å². The van der Waals surface area contributed by atoms with E-state index in [2.05, 4.69) is 25.8 Å². The predicted molar refractivity (Wildman–Crippen MR) is 82.5 cm³/mol. The average molecular weight is 273 g/mol. The molecule has 2 aromatic rings. The van der Waals surface area contributed by atoms with Crippen molar-refractivity contribution in [1.82, 2.24) is 4.98 Å². The van der Waals surface area contributed by atoms with Crippen molar-refractivity contribution >= 4 is 16.7 Å². The molecule has 0 bridgehead atoms. The van der Waals surface area contributed by atoms with Crippen molar-refractivity contribution in [3.8, 4) is 5.75 Å². The van der Waals surface area contributed by atoms with Crippen molar-refractivity contribution < 1.29 is 9.53 Å². The number of aromatic nitrogens is 1. The van der Waals surface area contributed by atoms with Gasteiger partial charge in [0, 0.05) is 29.1 Å². The van der Waals surface area contributed by atoms with Gasteiger partial charge in [-0.25, -0.2) is 0 Å². The standard InChI is InChI=1S/C17H23NO2/c1-4-9-20-13-6-7-16-14(10-13)15(11-18-16)17(19)8-5-12(2)3/h6-7,10-12,18H,4-5,8-9H2,1-3H3. The number of nitrogens with one attached hydrogen (secondary N) is 1. The summed E-state index contributed by atoms with van der Waals surface area (Å²) in [5.41, 5.74) is 1.77. The molecule has 2 rings (SSSR count). The number of rotatable bonds is 7. The van der Waals surface area contributed by atoms with Gasteiger partial charge in [0.1, 0.15) is 5.75 Å². The Balaban J connectivity index is 2.22. The molecule has 3 nitrogen and oxygen atoms in total. The van der Waals surface area contributed by atoms with Crippen LogP contribution in [-0.2, 0) is 0 Å². The van der Waals surface area contributed by atoms with E-state index in [1.54, 1.807) is 0 Å². The highest BCUT2D eigenvalue weighted by Gasteiger charge is 2.13. The Morgan fingerprint density at radius 1 is 1.35 bits per heavy atom. The molecule has 1 aromatic carbocycles. The Kier molecular flexibility index (Phi) is 4.83. The van der Waals surface area contributed by atoms with Gasteiger partial charge in [0.15, 0.2) is 5.78 Å². The van der Waals surface area contributed by atoms with E-state index in [4.69, 9.17) is 4.74 Å². The van der Waals surface area contributed by atoms with Crippen molar-refractivity contribution in [2.75, 3.05) is 6.61 Å². The molecular formula is C17H23NO2. The zero-order valence-corrected chi connectivity index (χ0v) is 12.5. The first-order valence-electron chi connectivity index (χ1n) is 7.39. The largest absolute Gasteiger partial charge is 0.494 e. The van der Waals surface area contributed by atoms with E-state index in [0.29, 0.717) is 18.9 Å². The van der Waals surface area contributed by atoms with Gasteiger partial charge in [0.25, 0.3) is 0 Å². The average Bonchev–Trinajstić information content (AvgIpc) is 2.85. The number of ketones is 1. The summed E-state index contributed by atoms with van der Waals surface area (Å²) >= 11 is 0. The van der Waals surface area contributed by atoms with Crippen LogP contribution in [0.3, 0.4) is 0 Å². The highest BCUT2D eigenvalue weighted by Crippen LogP contribution is 2.25. The van der Waals surface area contributed by atoms with Crippen LogP contribution in [0.5, 0.6) is 5.75 Å². The number of carbonyl (C=O) groups excluding carboxylic acids is 1. The lowest BCUT2D eigenvalue weighted by Crippen LogP contribution is -2.00.